The number of rotatable bonds is 3. The van der Waals surface area contributed by atoms with Gasteiger partial charge in [-0.05, 0) is 25.0 Å². The normalized spacial score (nSPS) is 22.1. The van der Waals surface area contributed by atoms with Gasteiger partial charge in [0.25, 0.3) is 0 Å². The first kappa shape index (κ1) is 9.62. The summed E-state index contributed by atoms with van der Waals surface area (Å²) in [6, 6.07) is 6.72. The summed E-state index contributed by atoms with van der Waals surface area (Å²) in [4.78, 5) is 4.31. The zero-order chi connectivity index (χ0) is 9.64. The predicted octanol–water partition coefficient (Wildman–Crippen LogP) is 0.576. The zero-order valence-electron chi connectivity index (χ0n) is 8.37. The molecule has 1 aliphatic heterocycles. The molecular weight excluding hydrogens is 174 g/mol. The highest BCUT2D eigenvalue weighted by atomic mass is 15.0. The molecule has 1 fully saturated rings. The molecule has 0 bridgehead atoms. The van der Waals surface area contributed by atoms with Crippen LogP contribution in [0.2, 0.25) is 0 Å². The second-order valence-corrected chi connectivity index (χ2v) is 3.71. The van der Waals surface area contributed by atoms with Crippen molar-refractivity contribution < 1.29 is 0 Å². The van der Waals surface area contributed by atoms with Crippen LogP contribution in [0.1, 0.15) is 12.1 Å². The maximum atomic E-state index is 4.31. The van der Waals surface area contributed by atoms with Gasteiger partial charge in [-0.15, -0.1) is 0 Å². The third-order valence-corrected chi connectivity index (χ3v) is 2.60. The lowest BCUT2D eigenvalue weighted by Gasteiger charge is -2.24. The van der Waals surface area contributed by atoms with Crippen molar-refractivity contribution in [2.45, 2.75) is 18.9 Å². The number of aryl methyl sites for hydroxylation is 1. The third kappa shape index (κ3) is 2.79. The fourth-order valence-electron chi connectivity index (χ4n) is 1.79. The molecule has 14 heavy (non-hydrogen) atoms. The van der Waals surface area contributed by atoms with E-state index in [0.29, 0.717) is 6.04 Å². The van der Waals surface area contributed by atoms with Gasteiger partial charge in [0, 0.05) is 37.6 Å². The molecule has 0 radical (unpaired) electrons. The van der Waals surface area contributed by atoms with Crippen LogP contribution in [-0.4, -0.2) is 30.7 Å². The standard InChI is InChI=1S/C11H17N3/c1-2-6-13-10(3-1)4-5-11-9-12-7-8-14-11/h1-3,6,11-12,14H,4-5,7-9H2. The Morgan fingerprint density at radius 2 is 2.36 bits per heavy atom. The van der Waals surface area contributed by atoms with Gasteiger partial charge in [-0.2, -0.15) is 0 Å². The number of hydrogen-bond acceptors (Lipinski definition) is 3. The Balaban J connectivity index is 1.76. The molecule has 1 unspecified atom stereocenters. The van der Waals surface area contributed by atoms with Gasteiger partial charge in [0.2, 0.25) is 0 Å². The summed E-state index contributed by atoms with van der Waals surface area (Å²) < 4.78 is 0. The Kier molecular flexibility index (Phi) is 3.49. The van der Waals surface area contributed by atoms with E-state index in [1.807, 2.05) is 12.3 Å². The maximum absolute atomic E-state index is 4.31. The number of aromatic nitrogens is 1. The molecule has 2 heterocycles. The van der Waals surface area contributed by atoms with Crippen molar-refractivity contribution in [3.63, 3.8) is 0 Å². The predicted molar refractivity (Wildman–Crippen MR) is 57.2 cm³/mol. The van der Waals surface area contributed by atoms with Crippen LogP contribution in [0.5, 0.6) is 0 Å². The molecule has 76 valence electrons. The van der Waals surface area contributed by atoms with Crippen LogP contribution >= 0.6 is 0 Å². The van der Waals surface area contributed by atoms with Crippen LogP contribution < -0.4 is 10.6 Å². The number of piperazine rings is 1. The highest BCUT2D eigenvalue weighted by Crippen LogP contribution is 2.02. The molecule has 0 aliphatic carbocycles. The first-order valence-electron chi connectivity index (χ1n) is 5.29. The lowest BCUT2D eigenvalue weighted by Crippen LogP contribution is -2.48. The molecule has 0 aromatic carbocycles. The Hall–Kier alpha value is -0.930. The summed E-state index contributed by atoms with van der Waals surface area (Å²) in [7, 11) is 0. The molecule has 0 saturated carbocycles. The Bertz CT molecular complexity index is 254. The van der Waals surface area contributed by atoms with E-state index in [1.54, 1.807) is 0 Å². The summed E-state index contributed by atoms with van der Waals surface area (Å²) in [5.41, 5.74) is 1.19. The Labute approximate surface area is 84.9 Å². The van der Waals surface area contributed by atoms with Crippen LogP contribution in [0.25, 0.3) is 0 Å². The maximum Gasteiger partial charge on any atom is 0.0404 e. The minimum atomic E-state index is 0.616. The SMILES string of the molecule is c1ccc(CCC2CNCCN2)nc1. The first-order valence-corrected chi connectivity index (χ1v) is 5.29. The molecule has 1 saturated heterocycles. The average Bonchev–Trinajstić information content (AvgIpc) is 2.29. The summed E-state index contributed by atoms with van der Waals surface area (Å²) in [6.07, 6.45) is 4.10. The van der Waals surface area contributed by atoms with E-state index in [-0.39, 0.29) is 0 Å². The molecular formula is C11H17N3. The van der Waals surface area contributed by atoms with Crippen molar-refractivity contribution in [3.8, 4) is 0 Å². The number of hydrogen-bond donors (Lipinski definition) is 2. The van der Waals surface area contributed by atoms with E-state index >= 15 is 0 Å². The molecule has 1 aromatic rings. The Morgan fingerprint density at radius 1 is 1.36 bits per heavy atom. The smallest absolute Gasteiger partial charge is 0.0404 e. The van der Waals surface area contributed by atoms with E-state index in [1.165, 1.54) is 12.1 Å². The van der Waals surface area contributed by atoms with E-state index in [2.05, 4.69) is 27.8 Å². The molecule has 3 nitrogen and oxygen atoms in total. The van der Waals surface area contributed by atoms with Gasteiger partial charge in [0.1, 0.15) is 0 Å². The van der Waals surface area contributed by atoms with E-state index in [9.17, 15) is 0 Å². The van der Waals surface area contributed by atoms with Gasteiger partial charge >= 0.3 is 0 Å². The third-order valence-electron chi connectivity index (χ3n) is 2.60. The minimum absolute atomic E-state index is 0.616. The highest BCUT2D eigenvalue weighted by Gasteiger charge is 2.11. The van der Waals surface area contributed by atoms with Crippen LogP contribution in [0, 0.1) is 0 Å². The fourth-order valence-corrected chi connectivity index (χ4v) is 1.79. The van der Waals surface area contributed by atoms with Crippen LogP contribution in [0.3, 0.4) is 0 Å². The van der Waals surface area contributed by atoms with E-state index in [0.717, 1.165) is 26.1 Å². The quantitative estimate of drug-likeness (QED) is 0.733. The van der Waals surface area contributed by atoms with Crippen LogP contribution in [0.15, 0.2) is 24.4 Å². The molecule has 0 spiro atoms. The summed E-state index contributed by atoms with van der Waals surface area (Å²) in [6.45, 7) is 3.28. The second-order valence-electron chi connectivity index (χ2n) is 3.71. The molecule has 1 aromatic heterocycles. The van der Waals surface area contributed by atoms with Gasteiger partial charge in [0.05, 0.1) is 0 Å². The summed E-state index contributed by atoms with van der Waals surface area (Å²) in [5, 5.41) is 6.89. The number of nitrogens with zero attached hydrogens (tertiary/aromatic N) is 1. The Morgan fingerprint density at radius 3 is 3.07 bits per heavy atom. The van der Waals surface area contributed by atoms with Gasteiger partial charge in [-0.3, -0.25) is 4.98 Å². The van der Waals surface area contributed by atoms with Crippen molar-refractivity contribution in [1.29, 1.82) is 0 Å². The monoisotopic (exact) mass is 191 g/mol. The van der Waals surface area contributed by atoms with Gasteiger partial charge in [0.15, 0.2) is 0 Å². The largest absolute Gasteiger partial charge is 0.314 e. The summed E-state index contributed by atoms with van der Waals surface area (Å²) >= 11 is 0. The lowest BCUT2D eigenvalue weighted by atomic mass is 10.1. The van der Waals surface area contributed by atoms with Crippen molar-refractivity contribution in [2.75, 3.05) is 19.6 Å². The molecule has 2 rings (SSSR count). The van der Waals surface area contributed by atoms with Crippen molar-refractivity contribution in [1.82, 2.24) is 15.6 Å². The molecule has 1 aliphatic rings. The van der Waals surface area contributed by atoms with E-state index < -0.39 is 0 Å². The van der Waals surface area contributed by atoms with Crippen molar-refractivity contribution in [3.05, 3.63) is 30.1 Å². The number of nitrogens with one attached hydrogen (secondary N) is 2. The van der Waals surface area contributed by atoms with Gasteiger partial charge < -0.3 is 10.6 Å². The van der Waals surface area contributed by atoms with Crippen molar-refractivity contribution >= 4 is 0 Å². The second kappa shape index (κ2) is 5.08. The van der Waals surface area contributed by atoms with Crippen molar-refractivity contribution in [2.24, 2.45) is 0 Å². The van der Waals surface area contributed by atoms with Gasteiger partial charge in [-0.1, -0.05) is 6.07 Å². The highest BCUT2D eigenvalue weighted by molar-refractivity contribution is 5.03. The molecule has 1 atom stereocenters. The molecule has 3 heteroatoms. The summed E-state index contributed by atoms with van der Waals surface area (Å²) in [5.74, 6) is 0. The fraction of sp³-hybridized carbons (Fsp3) is 0.545. The molecule has 2 N–H and O–H groups in total. The first-order chi connectivity index (χ1) is 6.95. The number of pyridine rings is 1. The van der Waals surface area contributed by atoms with Gasteiger partial charge in [-0.25, -0.2) is 0 Å². The van der Waals surface area contributed by atoms with E-state index in [4.69, 9.17) is 0 Å². The molecule has 0 amide bonds. The van der Waals surface area contributed by atoms with Crippen LogP contribution in [0.4, 0.5) is 0 Å². The average molecular weight is 191 g/mol. The topological polar surface area (TPSA) is 37.0 Å². The zero-order valence-corrected chi connectivity index (χ0v) is 8.37. The minimum Gasteiger partial charge on any atom is -0.314 e. The lowest BCUT2D eigenvalue weighted by molar-refractivity contribution is 0.399. The van der Waals surface area contributed by atoms with Crippen LogP contribution in [-0.2, 0) is 6.42 Å².